The number of para-hydroxylation sites is 1. The smallest absolute Gasteiger partial charge is 0.228 e. The van der Waals surface area contributed by atoms with Crippen LogP contribution in [0.3, 0.4) is 0 Å². The van der Waals surface area contributed by atoms with Gasteiger partial charge in [0.1, 0.15) is 17.3 Å². The molecule has 21 heavy (non-hydrogen) atoms. The van der Waals surface area contributed by atoms with E-state index in [1.165, 1.54) is 10.4 Å². The van der Waals surface area contributed by atoms with Crippen molar-refractivity contribution in [3.8, 4) is 0 Å². The second kappa shape index (κ2) is 6.07. The second-order valence-corrected chi connectivity index (χ2v) is 7.03. The fraction of sp³-hybridized carbons (Fsp3) is 0.462. The molecule has 2 rings (SSSR count). The number of carbonyl (C=O) groups is 1. The molecule has 1 heterocycles. The Kier molecular flexibility index (Phi) is 4.58. The van der Waals surface area contributed by atoms with Gasteiger partial charge in [-0.1, -0.05) is 6.07 Å². The number of hydrogen-bond acceptors (Lipinski definition) is 3. The zero-order valence-corrected chi connectivity index (χ0v) is 12.3. The van der Waals surface area contributed by atoms with Gasteiger partial charge in [-0.05, 0) is 25.0 Å². The Morgan fingerprint density at radius 2 is 1.95 bits per heavy atom. The van der Waals surface area contributed by atoms with Gasteiger partial charge in [-0.2, -0.15) is 0 Å². The normalized spacial score (nSPS) is 20.2. The number of rotatable bonds is 3. The van der Waals surface area contributed by atoms with Gasteiger partial charge in [0, 0.05) is 13.1 Å². The van der Waals surface area contributed by atoms with E-state index >= 15 is 0 Å². The maximum absolute atomic E-state index is 13.5. The van der Waals surface area contributed by atoms with Gasteiger partial charge in [0.2, 0.25) is 15.9 Å². The number of benzene rings is 1. The van der Waals surface area contributed by atoms with Crippen LogP contribution in [-0.2, 0) is 14.8 Å². The molecule has 1 aromatic rings. The minimum atomic E-state index is -3.38. The van der Waals surface area contributed by atoms with E-state index < -0.39 is 39.2 Å². The van der Waals surface area contributed by atoms with Crippen molar-refractivity contribution in [2.45, 2.75) is 12.8 Å². The molecule has 1 aliphatic heterocycles. The summed E-state index contributed by atoms with van der Waals surface area (Å²) in [6.07, 6.45) is 2.09. The zero-order valence-electron chi connectivity index (χ0n) is 11.5. The second-order valence-electron chi connectivity index (χ2n) is 5.05. The van der Waals surface area contributed by atoms with Crippen LogP contribution in [0.25, 0.3) is 0 Å². The average Bonchev–Trinajstić information content (AvgIpc) is 2.42. The first kappa shape index (κ1) is 15.8. The fourth-order valence-corrected chi connectivity index (χ4v) is 3.21. The molecular weight excluding hydrogens is 302 g/mol. The number of hydrogen-bond donors (Lipinski definition) is 1. The molecule has 1 saturated heterocycles. The van der Waals surface area contributed by atoms with E-state index in [4.69, 9.17) is 0 Å². The summed E-state index contributed by atoms with van der Waals surface area (Å²) in [5, 5.41) is 2.21. The number of piperidine rings is 1. The van der Waals surface area contributed by atoms with E-state index in [-0.39, 0.29) is 6.54 Å². The molecule has 116 valence electrons. The van der Waals surface area contributed by atoms with Gasteiger partial charge in [-0.25, -0.2) is 21.5 Å². The minimum absolute atomic E-state index is 0.0285. The zero-order chi connectivity index (χ0) is 15.6. The molecule has 0 radical (unpaired) electrons. The van der Waals surface area contributed by atoms with Crippen LogP contribution >= 0.6 is 0 Å². The highest BCUT2D eigenvalue weighted by Gasteiger charge is 2.30. The summed E-state index contributed by atoms with van der Waals surface area (Å²) in [4.78, 5) is 12.1. The highest BCUT2D eigenvalue weighted by molar-refractivity contribution is 7.88. The Morgan fingerprint density at radius 3 is 2.52 bits per heavy atom. The third kappa shape index (κ3) is 3.76. The number of anilines is 1. The van der Waals surface area contributed by atoms with Crippen LogP contribution in [0.2, 0.25) is 0 Å². The van der Waals surface area contributed by atoms with Gasteiger partial charge in [-0.15, -0.1) is 0 Å². The molecule has 0 unspecified atom stereocenters. The van der Waals surface area contributed by atoms with Gasteiger partial charge in [0.15, 0.2) is 0 Å². The summed E-state index contributed by atoms with van der Waals surface area (Å²) in [5.74, 6) is -2.92. The quantitative estimate of drug-likeness (QED) is 0.920. The number of sulfonamides is 1. The van der Waals surface area contributed by atoms with Crippen LogP contribution in [0.1, 0.15) is 12.8 Å². The summed E-state index contributed by atoms with van der Waals surface area (Å²) in [6, 6.07) is 3.29. The lowest BCUT2D eigenvalue weighted by Crippen LogP contribution is -2.43. The van der Waals surface area contributed by atoms with Crippen molar-refractivity contribution in [3.05, 3.63) is 29.8 Å². The molecule has 5 nitrogen and oxygen atoms in total. The van der Waals surface area contributed by atoms with Crippen LogP contribution in [0.4, 0.5) is 14.5 Å². The predicted molar refractivity (Wildman–Crippen MR) is 74.1 cm³/mol. The molecule has 0 bridgehead atoms. The molecule has 1 amide bonds. The number of nitrogens with zero attached hydrogens (tertiary/aromatic N) is 1. The average molecular weight is 318 g/mol. The minimum Gasteiger partial charge on any atom is -0.321 e. The molecule has 1 fully saturated rings. The van der Waals surface area contributed by atoms with Crippen molar-refractivity contribution in [1.82, 2.24) is 4.31 Å². The van der Waals surface area contributed by atoms with Gasteiger partial charge < -0.3 is 5.32 Å². The Morgan fingerprint density at radius 1 is 1.33 bits per heavy atom. The van der Waals surface area contributed by atoms with Gasteiger partial charge in [-0.3, -0.25) is 4.79 Å². The summed E-state index contributed by atoms with van der Waals surface area (Å²) in [6.45, 7) is 0.386. The molecule has 0 aromatic heterocycles. The topological polar surface area (TPSA) is 66.5 Å². The first-order valence-electron chi connectivity index (χ1n) is 6.49. The summed E-state index contributed by atoms with van der Waals surface area (Å²) in [5.41, 5.74) is -0.501. The highest BCUT2D eigenvalue weighted by Crippen LogP contribution is 2.23. The van der Waals surface area contributed by atoms with Gasteiger partial charge >= 0.3 is 0 Å². The van der Waals surface area contributed by atoms with Crippen LogP contribution < -0.4 is 5.32 Å². The summed E-state index contributed by atoms with van der Waals surface area (Å²) in [7, 11) is -3.38. The van der Waals surface area contributed by atoms with E-state index in [1.807, 2.05) is 0 Å². The molecule has 8 heteroatoms. The number of halogens is 2. The maximum Gasteiger partial charge on any atom is 0.228 e. The maximum atomic E-state index is 13.5. The fourth-order valence-electron chi connectivity index (χ4n) is 2.30. The SMILES string of the molecule is CS(=O)(=O)N1CCC[C@H](C(=O)Nc2c(F)cccc2F)C1. The molecule has 1 atom stereocenters. The first-order valence-corrected chi connectivity index (χ1v) is 8.34. The standard InChI is InChI=1S/C13H16F2N2O3S/c1-21(19,20)17-7-3-4-9(8-17)13(18)16-12-10(14)5-2-6-11(12)15/h2,5-6,9H,3-4,7-8H2,1H3,(H,16,18)/t9-/m0/s1. The highest BCUT2D eigenvalue weighted by atomic mass is 32.2. The largest absolute Gasteiger partial charge is 0.321 e. The molecule has 0 spiro atoms. The summed E-state index contributed by atoms with van der Waals surface area (Å²) >= 11 is 0. The van der Waals surface area contributed by atoms with Gasteiger partial charge in [0.05, 0.1) is 12.2 Å². The molecule has 1 aliphatic rings. The lowest BCUT2D eigenvalue weighted by molar-refractivity contribution is -0.120. The molecule has 0 saturated carbocycles. The van der Waals surface area contributed by atoms with Crippen molar-refractivity contribution < 1.29 is 22.0 Å². The first-order chi connectivity index (χ1) is 9.79. The number of nitrogens with one attached hydrogen (secondary N) is 1. The van der Waals surface area contributed by atoms with Crippen molar-refractivity contribution in [2.24, 2.45) is 5.92 Å². The Bertz CT molecular complexity index is 629. The molecule has 0 aliphatic carbocycles. The van der Waals surface area contributed by atoms with E-state index in [9.17, 15) is 22.0 Å². The lowest BCUT2D eigenvalue weighted by atomic mass is 9.98. The van der Waals surface area contributed by atoms with Crippen molar-refractivity contribution in [2.75, 3.05) is 24.7 Å². The third-order valence-electron chi connectivity index (χ3n) is 3.43. The van der Waals surface area contributed by atoms with E-state index in [0.717, 1.165) is 18.4 Å². The van der Waals surface area contributed by atoms with Crippen LogP contribution in [0.5, 0.6) is 0 Å². The Balaban J connectivity index is 2.10. The monoisotopic (exact) mass is 318 g/mol. The van der Waals surface area contributed by atoms with Crippen LogP contribution in [0.15, 0.2) is 18.2 Å². The van der Waals surface area contributed by atoms with Crippen molar-refractivity contribution >= 4 is 21.6 Å². The third-order valence-corrected chi connectivity index (χ3v) is 4.70. The van der Waals surface area contributed by atoms with Crippen LogP contribution in [-0.4, -0.2) is 38.0 Å². The van der Waals surface area contributed by atoms with Gasteiger partial charge in [0.25, 0.3) is 0 Å². The molecule has 1 aromatic carbocycles. The predicted octanol–water partition coefficient (Wildman–Crippen LogP) is 1.57. The van der Waals surface area contributed by atoms with E-state index in [0.29, 0.717) is 19.4 Å². The Labute approximate surface area is 122 Å². The molecular formula is C13H16F2N2O3S. The summed E-state index contributed by atoms with van der Waals surface area (Å²) < 4.78 is 51.2. The van der Waals surface area contributed by atoms with E-state index in [1.54, 1.807) is 0 Å². The lowest BCUT2D eigenvalue weighted by Gasteiger charge is -2.30. The number of carbonyl (C=O) groups excluding carboxylic acids is 1. The Hall–Kier alpha value is -1.54. The number of amides is 1. The van der Waals surface area contributed by atoms with Crippen LogP contribution in [0, 0.1) is 17.6 Å². The van der Waals surface area contributed by atoms with Crippen molar-refractivity contribution in [3.63, 3.8) is 0 Å². The van der Waals surface area contributed by atoms with E-state index in [2.05, 4.69) is 5.32 Å². The molecule has 1 N–H and O–H groups in total. The van der Waals surface area contributed by atoms with Crippen molar-refractivity contribution in [1.29, 1.82) is 0 Å².